The molecule has 0 bridgehead atoms. The molecule has 2 rings (SSSR count). The maximum Gasteiger partial charge on any atom is 0.147 e. The molecule has 2 aromatic rings. The maximum absolute atomic E-state index is 6.05. The zero-order chi connectivity index (χ0) is 13.8. The number of pyridine rings is 1. The molecule has 1 N–H and O–H groups in total. The molecule has 0 amide bonds. The third-order valence-corrected chi connectivity index (χ3v) is 3.31. The molecule has 3 nitrogen and oxygen atoms in total. The lowest BCUT2D eigenvalue weighted by molar-refractivity contribution is 0.482. The minimum Gasteiger partial charge on any atom is -0.456 e. The summed E-state index contributed by atoms with van der Waals surface area (Å²) >= 11 is 17.9. The van der Waals surface area contributed by atoms with E-state index in [2.05, 4.69) is 10.3 Å². The van der Waals surface area contributed by atoms with Crippen LogP contribution in [0.1, 0.15) is 6.92 Å². The molecule has 0 atom stereocenters. The molecular formula is C13H11Cl3N2O. The Balaban J connectivity index is 2.25. The topological polar surface area (TPSA) is 34.1 Å². The molecule has 0 aliphatic carbocycles. The zero-order valence-corrected chi connectivity index (χ0v) is 12.4. The third-order valence-electron chi connectivity index (χ3n) is 2.29. The van der Waals surface area contributed by atoms with Gasteiger partial charge in [0.05, 0.1) is 15.1 Å². The summed E-state index contributed by atoms with van der Waals surface area (Å²) in [6, 6.07) is 6.65. The van der Waals surface area contributed by atoms with Gasteiger partial charge < -0.3 is 10.1 Å². The van der Waals surface area contributed by atoms with Gasteiger partial charge in [0.2, 0.25) is 0 Å². The summed E-state index contributed by atoms with van der Waals surface area (Å²) in [7, 11) is 0. The van der Waals surface area contributed by atoms with E-state index in [9.17, 15) is 0 Å². The number of hydrogen-bond donors (Lipinski definition) is 1. The largest absolute Gasteiger partial charge is 0.456 e. The second-order valence-electron chi connectivity index (χ2n) is 3.71. The van der Waals surface area contributed by atoms with Gasteiger partial charge in [0, 0.05) is 24.9 Å². The predicted octanol–water partition coefficient (Wildman–Crippen LogP) is 5.27. The van der Waals surface area contributed by atoms with Gasteiger partial charge in [0.15, 0.2) is 0 Å². The zero-order valence-electron chi connectivity index (χ0n) is 10.1. The van der Waals surface area contributed by atoms with E-state index < -0.39 is 0 Å². The fraction of sp³-hybridized carbons (Fsp3) is 0.154. The Hall–Kier alpha value is -1.16. The van der Waals surface area contributed by atoms with Crippen LogP contribution in [0.3, 0.4) is 0 Å². The van der Waals surface area contributed by atoms with Crippen LogP contribution < -0.4 is 10.1 Å². The average molecular weight is 318 g/mol. The summed E-state index contributed by atoms with van der Waals surface area (Å²) in [5.41, 5.74) is 0. The molecule has 1 heterocycles. The van der Waals surface area contributed by atoms with Gasteiger partial charge in [-0.1, -0.05) is 34.8 Å². The maximum atomic E-state index is 6.05. The van der Waals surface area contributed by atoms with E-state index >= 15 is 0 Å². The van der Waals surface area contributed by atoms with Crippen molar-refractivity contribution in [2.24, 2.45) is 0 Å². The molecule has 6 heteroatoms. The van der Waals surface area contributed by atoms with Gasteiger partial charge in [0.25, 0.3) is 0 Å². The monoisotopic (exact) mass is 316 g/mol. The van der Waals surface area contributed by atoms with Gasteiger partial charge >= 0.3 is 0 Å². The van der Waals surface area contributed by atoms with Crippen LogP contribution in [0.2, 0.25) is 15.1 Å². The van der Waals surface area contributed by atoms with Crippen molar-refractivity contribution in [1.82, 2.24) is 4.98 Å². The summed E-state index contributed by atoms with van der Waals surface area (Å²) in [4.78, 5) is 4.15. The molecule has 0 aliphatic heterocycles. The number of nitrogens with one attached hydrogen (secondary N) is 1. The molecule has 0 saturated carbocycles. The second-order valence-corrected chi connectivity index (χ2v) is 4.93. The van der Waals surface area contributed by atoms with Crippen LogP contribution in [0.15, 0.2) is 30.5 Å². The van der Waals surface area contributed by atoms with E-state index in [0.717, 1.165) is 12.4 Å². The molecule has 1 aromatic heterocycles. The Morgan fingerprint density at radius 2 is 1.84 bits per heavy atom. The highest BCUT2D eigenvalue weighted by Gasteiger charge is 2.08. The fourth-order valence-electron chi connectivity index (χ4n) is 1.46. The highest BCUT2D eigenvalue weighted by atomic mass is 35.5. The lowest BCUT2D eigenvalue weighted by Crippen LogP contribution is -1.98. The number of halogens is 3. The predicted molar refractivity (Wildman–Crippen MR) is 79.9 cm³/mol. The minimum atomic E-state index is 0.391. The molecule has 0 radical (unpaired) electrons. The molecule has 0 unspecified atom stereocenters. The lowest BCUT2D eigenvalue weighted by atomic mass is 10.3. The van der Waals surface area contributed by atoms with Crippen LogP contribution in [-0.4, -0.2) is 11.5 Å². The van der Waals surface area contributed by atoms with Crippen molar-refractivity contribution in [3.63, 3.8) is 0 Å². The van der Waals surface area contributed by atoms with Crippen molar-refractivity contribution in [2.45, 2.75) is 6.92 Å². The molecule has 100 valence electrons. The molecule has 1 aromatic carbocycles. The van der Waals surface area contributed by atoms with Crippen molar-refractivity contribution in [1.29, 1.82) is 0 Å². The van der Waals surface area contributed by atoms with Crippen LogP contribution in [0, 0.1) is 0 Å². The Labute approximate surface area is 126 Å². The van der Waals surface area contributed by atoms with E-state index in [1.54, 1.807) is 30.5 Å². The fourth-order valence-corrected chi connectivity index (χ4v) is 2.04. The quantitative estimate of drug-likeness (QED) is 0.780. The molecule has 19 heavy (non-hydrogen) atoms. The van der Waals surface area contributed by atoms with Gasteiger partial charge in [-0.05, 0) is 19.1 Å². The van der Waals surface area contributed by atoms with Crippen LogP contribution >= 0.6 is 34.8 Å². The molecule has 0 aliphatic rings. The highest BCUT2D eigenvalue weighted by molar-refractivity contribution is 6.43. The van der Waals surface area contributed by atoms with Crippen molar-refractivity contribution in [3.8, 4) is 11.5 Å². The number of rotatable bonds is 4. The number of ether oxygens (including phenoxy) is 1. The van der Waals surface area contributed by atoms with E-state index in [1.807, 2.05) is 6.92 Å². The van der Waals surface area contributed by atoms with Gasteiger partial charge in [-0.15, -0.1) is 0 Å². The summed E-state index contributed by atoms with van der Waals surface area (Å²) in [6.45, 7) is 2.77. The highest BCUT2D eigenvalue weighted by Crippen LogP contribution is 2.36. The van der Waals surface area contributed by atoms with Crippen LogP contribution in [0.4, 0.5) is 5.82 Å². The number of nitrogens with zero attached hydrogens (tertiary/aromatic N) is 1. The Morgan fingerprint density at radius 3 is 2.58 bits per heavy atom. The summed E-state index contributed by atoms with van der Waals surface area (Å²) in [6.07, 6.45) is 1.65. The van der Waals surface area contributed by atoms with Gasteiger partial charge in [-0.2, -0.15) is 0 Å². The first kappa shape index (κ1) is 14.3. The normalized spacial score (nSPS) is 10.3. The standard InChI is InChI=1S/C13H11Cl3N2O/c1-2-17-13-5-8(3-4-18-13)19-12-7-10(15)9(14)6-11(12)16/h3-7H,2H2,1H3,(H,17,18). The number of hydrogen-bond acceptors (Lipinski definition) is 3. The first-order chi connectivity index (χ1) is 9.10. The number of anilines is 1. The van der Waals surface area contributed by atoms with E-state index in [1.165, 1.54) is 0 Å². The molecule has 0 spiro atoms. The SMILES string of the molecule is CCNc1cc(Oc2cc(Cl)c(Cl)cc2Cl)ccn1. The van der Waals surface area contributed by atoms with Gasteiger partial charge in [-0.25, -0.2) is 4.98 Å². The summed E-state index contributed by atoms with van der Waals surface area (Å²) in [5, 5.41) is 4.28. The first-order valence-electron chi connectivity index (χ1n) is 5.62. The molecular weight excluding hydrogens is 307 g/mol. The van der Waals surface area contributed by atoms with E-state index in [-0.39, 0.29) is 0 Å². The van der Waals surface area contributed by atoms with Crippen LogP contribution in [0.25, 0.3) is 0 Å². The molecule has 0 fully saturated rings. The molecule has 0 saturated heterocycles. The van der Waals surface area contributed by atoms with Gasteiger partial charge in [-0.3, -0.25) is 0 Å². The summed E-state index contributed by atoms with van der Waals surface area (Å²) < 4.78 is 5.68. The van der Waals surface area contributed by atoms with Crippen molar-refractivity contribution in [3.05, 3.63) is 45.5 Å². The first-order valence-corrected chi connectivity index (χ1v) is 6.76. The van der Waals surface area contributed by atoms with E-state index in [0.29, 0.717) is 26.6 Å². The number of aromatic nitrogens is 1. The number of benzene rings is 1. The van der Waals surface area contributed by atoms with Crippen molar-refractivity contribution < 1.29 is 4.74 Å². The smallest absolute Gasteiger partial charge is 0.147 e. The second kappa shape index (κ2) is 6.33. The van der Waals surface area contributed by atoms with Gasteiger partial charge in [0.1, 0.15) is 17.3 Å². The van der Waals surface area contributed by atoms with Crippen LogP contribution in [0.5, 0.6) is 11.5 Å². The average Bonchev–Trinajstić information content (AvgIpc) is 2.37. The third kappa shape index (κ3) is 3.66. The Morgan fingerprint density at radius 1 is 1.11 bits per heavy atom. The minimum absolute atomic E-state index is 0.391. The summed E-state index contributed by atoms with van der Waals surface area (Å²) in [5.74, 6) is 1.80. The lowest BCUT2D eigenvalue weighted by Gasteiger charge is -2.10. The van der Waals surface area contributed by atoms with Crippen LogP contribution in [-0.2, 0) is 0 Å². The Kier molecular flexibility index (Phi) is 4.75. The van der Waals surface area contributed by atoms with Crippen molar-refractivity contribution >= 4 is 40.6 Å². The van der Waals surface area contributed by atoms with E-state index in [4.69, 9.17) is 39.5 Å². The van der Waals surface area contributed by atoms with Crippen molar-refractivity contribution in [2.75, 3.05) is 11.9 Å². The Bertz CT molecular complexity index is 590.